The van der Waals surface area contributed by atoms with Gasteiger partial charge in [-0.3, -0.25) is 0 Å². The second kappa shape index (κ2) is 6.65. The van der Waals surface area contributed by atoms with Crippen molar-refractivity contribution in [2.24, 2.45) is 5.73 Å². The fourth-order valence-corrected chi connectivity index (χ4v) is 3.41. The molecule has 0 aliphatic rings. The van der Waals surface area contributed by atoms with Crippen LogP contribution in [0.3, 0.4) is 0 Å². The summed E-state index contributed by atoms with van der Waals surface area (Å²) in [6.07, 6.45) is 0. The average Bonchev–Trinajstić information content (AvgIpc) is 2.53. The molecule has 0 heterocycles. The molecule has 0 amide bonds. The molecule has 106 valence electrons. The summed E-state index contributed by atoms with van der Waals surface area (Å²) in [7, 11) is 0. The van der Waals surface area contributed by atoms with Crippen LogP contribution in [0.15, 0.2) is 76.1 Å². The first-order valence-corrected chi connectivity index (χ1v) is 8.63. The molecule has 0 aliphatic carbocycles. The molecule has 0 aromatic heterocycles. The third kappa shape index (κ3) is 3.67. The summed E-state index contributed by atoms with van der Waals surface area (Å²) in [5, 5.41) is 2.51. The van der Waals surface area contributed by atoms with Gasteiger partial charge in [-0.25, -0.2) is 0 Å². The molecule has 0 saturated carbocycles. The number of benzene rings is 3. The largest absolute Gasteiger partial charge is 0.323 e. The molecule has 0 bridgehead atoms. The fraction of sp³-hybridized carbons (Fsp3) is 0.111. The highest BCUT2D eigenvalue weighted by Gasteiger charge is 2.07. The lowest BCUT2D eigenvalue weighted by Crippen LogP contribution is -2.12. The molecule has 1 unspecified atom stereocenters. The molecule has 2 N–H and O–H groups in total. The molecule has 0 saturated heterocycles. The van der Waals surface area contributed by atoms with E-state index in [0.29, 0.717) is 0 Å². The topological polar surface area (TPSA) is 26.0 Å². The minimum Gasteiger partial charge on any atom is -0.323 e. The van der Waals surface area contributed by atoms with E-state index in [4.69, 9.17) is 5.73 Å². The summed E-state index contributed by atoms with van der Waals surface area (Å²) in [4.78, 5) is 1.24. The van der Waals surface area contributed by atoms with Gasteiger partial charge in [0.05, 0.1) is 0 Å². The molecule has 3 aromatic rings. The molecular weight excluding hydrogens is 342 g/mol. The van der Waals surface area contributed by atoms with Crippen molar-refractivity contribution in [3.05, 3.63) is 76.8 Å². The summed E-state index contributed by atoms with van der Waals surface area (Å²) in [5.74, 6) is 0.875. The Morgan fingerprint density at radius 2 is 1.62 bits per heavy atom. The van der Waals surface area contributed by atoms with E-state index in [1.54, 1.807) is 11.8 Å². The number of nitrogens with two attached hydrogens (primary N) is 1. The Kier molecular flexibility index (Phi) is 4.63. The highest BCUT2D eigenvalue weighted by molar-refractivity contribution is 9.10. The Labute approximate surface area is 137 Å². The lowest BCUT2D eigenvalue weighted by atomic mass is 10.0. The SMILES string of the molecule is NC(CSc1ccc(Br)cc1)c1ccc2ccccc2c1. The number of hydrogen-bond acceptors (Lipinski definition) is 2. The summed E-state index contributed by atoms with van der Waals surface area (Å²) in [6, 6.07) is 23.3. The van der Waals surface area contributed by atoms with Gasteiger partial charge in [-0.05, 0) is 46.7 Å². The van der Waals surface area contributed by atoms with Gasteiger partial charge in [-0.1, -0.05) is 52.3 Å². The third-order valence-electron chi connectivity index (χ3n) is 3.44. The fourth-order valence-electron chi connectivity index (χ4n) is 2.25. The van der Waals surface area contributed by atoms with E-state index in [1.807, 2.05) is 0 Å². The predicted octanol–water partition coefficient (Wildman–Crippen LogP) is 5.39. The van der Waals surface area contributed by atoms with Gasteiger partial charge in [0, 0.05) is 21.2 Å². The Morgan fingerprint density at radius 1 is 0.905 bits per heavy atom. The zero-order chi connectivity index (χ0) is 14.7. The normalized spacial score (nSPS) is 12.5. The van der Waals surface area contributed by atoms with Gasteiger partial charge in [-0.15, -0.1) is 11.8 Å². The Morgan fingerprint density at radius 3 is 2.38 bits per heavy atom. The predicted molar refractivity (Wildman–Crippen MR) is 95.7 cm³/mol. The van der Waals surface area contributed by atoms with Gasteiger partial charge in [0.25, 0.3) is 0 Å². The van der Waals surface area contributed by atoms with Crippen molar-refractivity contribution in [3.63, 3.8) is 0 Å². The van der Waals surface area contributed by atoms with Crippen LogP contribution in [0.5, 0.6) is 0 Å². The van der Waals surface area contributed by atoms with Crippen LogP contribution in [0.2, 0.25) is 0 Å². The summed E-state index contributed by atoms with van der Waals surface area (Å²) < 4.78 is 1.10. The number of thioether (sulfide) groups is 1. The van der Waals surface area contributed by atoms with E-state index in [2.05, 4.69) is 82.7 Å². The van der Waals surface area contributed by atoms with E-state index in [1.165, 1.54) is 21.2 Å². The van der Waals surface area contributed by atoms with Gasteiger partial charge < -0.3 is 5.73 Å². The van der Waals surface area contributed by atoms with Gasteiger partial charge in [0.15, 0.2) is 0 Å². The first-order valence-electron chi connectivity index (χ1n) is 6.85. The maximum absolute atomic E-state index is 6.33. The molecule has 1 nitrogen and oxygen atoms in total. The summed E-state index contributed by atoms with van der Waals surface area (Å²) in [6.45, 7) is 0. The van der Waals surface area contributed by atoms with Crippen LogP contribution in [-0.4, -0.2) is 5.75 Å². The zero-order valence-electron chi connectivity index (χ0n) is 11.5. The molecule has 3 rings (SSSR count). The minimum atomic E-state index is 0.0447. The molecule has 21 heavy (non-hydrogen) atoms. The van der Waals surface area contributed by atoms with Crippen LogP contribution >= 0.6 is 27.7 Å². The molecule has 3 heteroatoms. The van der Waals surface area contributed by atoms with Gasteiger partial charge in [0.1, 0.15) is 0 Å². The number of rotatable bonds is 4. The number of hydrogen-bond donors (Lipinski definition) is 1. The Balaban J connectivity index is 1.71. The van der Waals surface area contributed by atoms with Crippen LogP contribution < -0.4 is 5.73 Å². The van der Waals surface area contributed by atoms with Crippen LogP contribution in [0.1, 0.15) is 11.6 Å². The van der Waals surface area contributed by atoms with Crippen LogP contribution in [0.25, 0.3) is 10.8 Å². The second-order valence-electron chi connectivity index (χ2n) is 4.98. The van der Waals surface area contributed by atoms with Gasteiger partial charge in [-0.2, -0.15) is 0 Å². The quantitative estimate of drug-likeness (QED) is 0.633. The minimum absolute atomic E-state index is 0.0447. The van der Waals surface area contributed by atoms with Crippen molar-refractivity contribution >= 4 is 38.5 Å². The lowest BCUT2D eigenvalue weighted by Gasteiger charge is -2.12. The monoisotopic (exact) mass is 357 g/mol. The van der Waals surface area contributed by atoms with E-state index in [9.17, 15) is 0 Å². The maximum Gasteiger partial charge on any atom is 0.0390 e. The average molecular weight is 358 g/mol. The van der Waals surface area contributed by atoms with E-state index < -0.39 is 0 Å². The van der Waals surface area contributed by atoms with Crippen LogP contribution in [0.4, 0.5) is 0 Å². The lowest BCUT2D eigenvalue weighted by molar-refractivity contribution is 0.833. The third-order valence-corrected chi connectivity index (χ3v) is 5.10. The van der Waals surface area contributed by atoms with Crippen molar-refractivity contribution in [2.75, 3.05) is 5.75 Å². The highest BCUT2D eigenvalue weighted by atomic mass is 79.9. The smallest absolute Gasteiger partial charge is 0.0390 e. The highest BCUT2D eigenvalue weighted by Crippen LogP contribution is 2.26. The van der Waals surface area contributed by atoms with Crippen LogP contribution in [-0.2, 0) is 0 Å². The standard InChI is InChI=1S/C18H16BrNS/c19-16-7-9-17(10-8-16)21-12-18(20)15-6-5-13-3-1-2-4-14(13)11-15/h1-11,18H,12,20H2. The van der Waals surface area contributed by atoms with Crippen molar-refractivity contribution < 1.29 is 0 Å². The molecule has 1 atom stereocenters. The first-order chi connectivity index (χ1) is 10.2. The zero-order valence-corrected chi connectivity index (χ0v) is 13.9. The van der Waals surface area contributed by atoms with Gasteiger partial charge in [0.2, 0.25) is 0 Å². The van der Waals surface area contributed by atoms with Crippen molar-refractivity contribution in [1.82, 2.24) is 0 Å². The molecule has 3 aromatic carbocycles. The molecule has 0 fully saturated rings. The van der Waals surface area contributed by atoms with E-state index >= 15 is 0 Å². The molecule has 0 radical (unpaired) electrons. The van der Waals surface area contributed by atoms with Crippen molar-refractivity contribution in [1.29, 1.82) is 0 Å². The molecular formula is C18H16BrNS. The first kappa shape index (κ1) is 14.6. The maximum atomic E-state index is 6.33. The van der Waals surface area contributed by atoms with Crippen LogP contribution in [0, 0.1) is 0 Å². The molecule has 0 aliphatic heterocycles. The number of fused-ring (bicyclic) bond motifs is 1. The second-order valence-corrected chi connectivity index (χ2v) is 6.99. The van der Waals surface area contributed by atoms with Crippen molar-refractivity contribution in [3.8, 4) is 0 Å². The summed E-state index contributed by atoms with van der Waals surface area (Å²) >= 11 is 5.24. The number of halogens is 1. The van der Waals surface area contributed by atoms with E-state index in [-0.39, 0.29) is 6.04 Å². The van der Waals surface area contributed by atoms with Crippen molar-refractivity contribution in [2.45, 2.75) is 10.9 Å². The van der Waals surface area contributed by atoms with Gasteiger partial charge >= 0.3 is 0 Å². The van der Waals surface area contributed by atoms with E-state index in [0.717, 1.165) is 10.2 Å². The molecule has 0 spiro atoms. The Hall–Kier alpha value is -1.29. The Bertz CT molecular complexity index is 740. The summed E-state index contributed by atoms with van der Waals surface area (Å²) in [5.41, 5.74) is 7.53.